The van der Waals surface area contributed by atoms with Crippen LogP contribution in [0.15, 0.2) is 0 Å². The van der Waals surface area contributed by atoms with Gasteiger partial charge in [-0.25, -0.2) is 0 Å². The van der Waals surface area contributed by atoms with Gasteiger partial charge in [0.25, 0.3) is 0 Å². The van der Waals surface area contributed by atoms with Crippen LogP contribution < -0.4 is 11.1 Å². The monoisotopic (exact) mass is 307 g/mol. The number of piperidine rings is 1. The van der Waals surface area contributed by atoms with Crippen molar-refractivity contribution in [1.82, 2.24) is 10.2 Å². The van der Waals surface area contributed by atoms with Crippen LogP contribution in [0.4, 0.5) is 0 Å². The van der Waals surface area contributed by atoms with Crippen molar-refractivity contribution in [3.8, 4) is 0 Å². The molecule has 2 aliphatic carbocycles. The van der Waals surface area contributed by atoms with E-state index in [0.29, 0.717) is 17.9 Å². The summed E-state index contributed by atoms with van der Waals surface area (Å²) in [6, 6.07) is 0.615. The molecule has 3 unspecified atom stereocenters. The molecule has 2 saturated carbocycles. The summed E-state index contributed by atoms with van der Waals surface area (Å²) in [5.74, 6) is 1.66. The molecule has 22 heavy (non-hydrogen) atoms. The van der Waals surface area contributed by atoms with Gasteiger partial charge < -0.3 is 16.0 Å². The summed E-state index contributed by atoms with van der Waals surface area (Å²) in [5.41, 5.74) is 6.33. The second-order valence-electron chi connectivity index (χ2n) is 7.97. The van der Waals surface area contributed by atoms with Gasteiger partial charge in [0.05, 0.1) is 0 Å². The van der Waals surface area contributed by atoms with Crippen molar-refractivity contribution < 1.29 is 4.79 Å². The lowest BCUT2D eigenvalue weighted by atomic mass is 9.65. The smallest absolute Gasteiger partial charge is 0.223 e. The number of hydrogen-bond donors (Lipinski definition) is 2. The number of likely N-dealkylation sites (tertiary alicyclic amines) is 1. The summed E-state index contributed by atoms with van der Waals surface area (Å²) in [6.07, 6.45) is 9.77. The molecule has 3 atom stereocenters. The molecule has 0 aromatic rings. The molecule has 3 aliphatic rings. The zero-order chi connectivity index (χ0) is 15.5. The molecule has 1 amide bonds. The number of hydrogen-bond acceptors (Lipinski definition) is 3. The normalized spacial score (nSPS) is 37.5. The Morgan fingerprint density at radius 3 is 2.41 bits per heavy atom. The minimum Gasteiger partial charge on any atom is -0.352 e. The van der Waals surface area contributed by atoms with Crippen LogP contribution in [-0.2, 0) is 4.79 Å². The number of carbonyl (C=O) groups is 1. The van der Waals surface area contributed by atoms with E-state index in [1.165, 1.54) is 51.6 Å². The zero-order valence-electron chi connectivity index (χ0n) is 14.1. The van der Waals surface area contributed by atoms with Gasteiger partial charge in [0, 0.05) is 24.5 Å². The van der Waals surface area contributed by atoms with Crippen molar-refractivity contribution in [2.24, 2.45) is 23.5 Å². The van der Waals surface area contributed by atoms with E-state index in [9.17, 15) is 4.79 Å². The summed E-state index contributed by atoms with van der Waals surface area (Å²) in [7, 11) is 0. The van der Waals surface area contributed by atoms with Gasteiger partial charge in [-0.05, 0) is 70.4 Å². The third-order valence-electron chi connectivity index (χ3n) is 6.15. The molecule has 0 aromatic carbocycles. The second kappa shape index (κ2) is 7.31. The maximum Gasteiger partial charge on any atom is 0.223 e. The van der Waals surface area contributed by atoms with Crippen LogP contribution in [0, 0.1) is 17.8 Å². The number of nitrogens with zero attached hydrogens (tertiary/aromatic N) is 1. The predicted molar refractivity (Wildman–Crippen MR) is 89.4 cm³/mol. The van der Waals surface area contributed by atoms with E-state index >= 15 is 0 Å². The highest BCUT2D eigenvalue weighted by atomic mass is 16.1. The number of rotatable bonds is 4. The van der Waals surface area contributed by atoms with E-state index in [2.05, 4.69) is 17.1 Å². The SMILES string of the molecule is CC(CN1CCCCC1)NC(=O)C1CC2CCCC(C1)C2N. The van der Waals surface area contributed by atoms with Gasteiger partial charge in [0.2, 0.25) is 5.91 Å². The number of nitrogens with one attached hydrogen (secondary N) is 1. The van der Waals surface area contributed by atoms with Crippen LogP contribution in [0.3, 0.4) is 0 Å². The minimum absolute atomic E-state index is 0.207. The predicted octanol–water partition coefficient (Wildman–Crippen LogP) is 2.13. The van der Waals surface area contributed by atoms with E-state index in [1.807, 2.05) is 0 Å². The van der Waals surface area contributed by atoms with E-state index < -0.39 is 0 Å². The van der Waals surface area contributed by atoms with Gasteiger partial charge in [-0.1, -0.05) is 12.8 Å². The standard InChI is InChI=1S/C18H33N3O/c1-13(12-21-8-3-2-4-9-21)20-18(22)16-10-14-6-5-7-15(11-16)17(14)19/h13-17H,2-12,19H2,1H3,(H,20,22). The lowest BCUT2D eigenvalue weighted by molar-refractivity contribution is -0.128. The maximum atomic E-state index is 12.6. The average Bonchev–Trinajstić information content (AvgIpc) is 2.47. The van der Waals surface area contributed by atoms with Gasteiger partial charge in [-0.2, -0.15) is 0 Å². The third kappa shape index (κ3) is 3.83. The zero-order valence-corrected chi connectivity index (χ0v) is 14.1. The largest absolute Gasteiger partial charge is 0.352 e. The molecule has 3 N–H and O–H groups in total. The first-order valence-electron chi connectivity index (χ1n) is 9.42. The fraction of sp³-hybridized carbons (Fsp3) is 0.944. The van der Waals surface area contributed by atoms with Crippen LogP contribution >= 0.6 is 0 Å². The van der Waals surface area contributed by atoms with E-state index in [1.54, 1.807) is 0 Å². The molecule has 3 rings (SSSR count). The van der Waals surface area contributed by atoms with Crippen molar-refractivity contribution >= 4 is 5.91 Å². The first-order chi connectivity index (χ1) is 10.6. The highest BCUT2D eigenvalue weighted by molar-refractivity contribution is 5.79. The number of carbonyl (C=O) groups excluding carboxylic acids is 1. The molecule has 1 aliphatic heterocycles. The highest BCUT2D eigenvalue weighted by Gasteiger charge is 2.40. The van der Waals surface area contributed by atoms with Crippen molar-refractivity contribution in [3.05, 3.63) is 0 Å². The Hall–Kier alpha value is -0.610. The molecule has 0 spiro atoms. The highest BCUT2D eigenvalue weighted by Crippen LogP contribution is 2.41. The van der Waals surface area contributed by atoms with Crippen molar-refractivity contribution in [2.75, 3.05) is 19.6 Å². The molecule has 0 radical (unpaired) electrons. The Morgan fingerprint density at radius 1 is 1.14 bits per heavy atom. The summed E-state index contributed by atoms with van der Waals surface area (Å²) in [4.78, 5) is 15.1. The van der Waals surface area contributed by atoms with Crippen molar-refractivity contribution in [1.29, 1.82) is 0 Å². The van der Waals surface area contributed by atoms with Crippen LogP contribution in [0.2, 0.25) is 0 Å². The number of amides is 1. The molecule has 1 heterocycles. The van der Waals surface area contributed by atoms with E-state index in [0.717, 1.165) is 19.4 Å². The Bertz CT molecular complexity index is 367. The Balaban J connectivity index is 1.47. The first-order valence-corrected chi connectivity index (χ1v) is 9.42. The molecule has 0 aromatic heterocycles. The molecule has 4 nitrogen and oxygen atoms in total. The van der Waals surface area contributed by atoms with E-state index in [-0.39, 0.29) is 17.9 Å². The van der Waals surface area contributed by atoms with E-state index in [4.69, 9.17) is 5.73 Å². The van der Waals surface area contributed by atoms with Crippen LogP contribution in [0.25, 0.3) is 0 Å². The van der Waals surface area contributed by atoms with Crippen molar-refractivity contribution in [2.45, 2.75) is 70.4 Å². The Labute approximate surface area is 135 Å². The summed E-state index contributed by atoms with van der Waals surface area (Å²) >= 11 is 0. The van der Waals surface area contributed by atoms with Gasteiger partial charge in [0.15, 0.2) is 0 Å². The fourth-order valence-electron chi connectivity index (χ4n) is 4.94. The lowest BCUT2D eigenvalue weighted by Crippen LogP contribution is -2.51. The third-order valence-corrected chi connectivity index (χ3v) is 6.15. The van der Waals surface area contributed by atoms with Gasteiger partial charge in [0.1, 0.15) is 0 Å². The minimum atomic E-state index is 0.207. The summed E-state index contributed by atoms with van der Waals surface area (Å²) in [5, 5.41) is 3.28. The molecule has 2 bridgehead atoms. The molecule has 126 valence electrons. The molecular weight excluding hydrogens is 274 g/mol. The van der Waals surface area contributed by atoms with Gasteiger partial charge in [-0.3, -0.25) is 4.79 Å². The quantitative estimate of drug-likeness (QED) is 0.836. The molecule has 1 saturated heterocycles. The lowest BCUT2D eigenvalue weighted by Gasteiger charge is -2.43. The maximum absolute atomic E-state index is 12.6. The number of nitrogens with two attached hydrogens (primary N) is 1. The molecule has 3 fully saturated rings. The summed E-state index contributed by atoms with van der Waals surface area (Å²) in [6.45, 7) is 5.55. The van der Waals surface area contributed by atoms with Crippen LogP contribution in [-0.4, -0.2) is 42.5 Å². The topological polar surface area (TPSA) is 58.4 Å². The van der Waals surface area contributed by atoms with Crippen molar-refractivity contribution in [3.63, 3.8) is 0 Å². The Morgan fingerprint density at radius 2 is 1.77 bits per heavy atom. The Kier molecular flexibility index (Phi) is 5.40. The van der Waals surface area contributed by atoms with Gasteiger partial charge >= 0.3 is 0 Å². The molecule has 4 heteroatoms. The summed E-state index contributed by atoms with van der Waals surface area (Å²) < 4.78 is 0. The second-order valence-corrected chi connectivity index (χ2v) is 7.97. The molecular formula is C18H33N3O. The van der Waals surface area contributed by atoms with Gasteiger partial charge in [-0.15, -0.1) is 0 Å². The average molecular weight is 307 g/mol. The number of fused-ring (bicyclic) bond motifs is 2. The fourth-order valence-corrected chi connectivity index (χ4v) is 4.94. The first kappa shape index (κ1) is 16.3. The van der Waals surface area contributed by atoms with Crippen LogP contribution in [0.1, 0.15) is 58.3 Å². The van der Waals surface area contributed by atoms with Crippen LogP contribution in [0.5, 0.6) is 0 Å².